The first-order valence-electron chi connectivity index (χ1n) is 14.1. The number of nitrogens with one attached hydrogen (secondary N) is 1. The Kier molecular flexibility index (Phi) is 7.24. The molecule has 1 saturated heterocycles. The molecule has 40 heavy (non-hydrogen) atoms. The fourth-order valence-electron chi connectivity index (χ4n) is 5.55. The van der Waals surface area contributed by atoms with Crippen LogP contribution >= 0.6 is 0 Å². The zero-order valence-electron chi connectivity index (χ0n) is 23.7. The van der Waals surface area contributed by atoms with E-state index in [0.29, 0.717) is 41.4 Å². The van der Waals surface area contributed by atoms with Gasteiger partial charge in [-0.3, -0.25) is 9.69 Å². The lowest BCUT2D eigenvalue weighted by Crippen LogP contribution is -2.43. The van der Waals surface area contributed by atoms with Crippen molar-refractivity contribution < 1.29 is 9.53 Å². The van der Waals surface area contributed by atoms with Gasteiger partial charge in [-0.05, 0) is 56.5 Å². The summed E-state index contributed by atoms with van der Waals surface area (Å²) in [4.78, 5) is 34.3. The van der Waals surface area contributed by atoms with E-state index in [9.17, 15) is 4.79 Å². The summed E-state index contributed by atoms with van der Waals surface area (Å²) in [6.07, 6.45) is 3.53. The highest BCUT2D eigenvalue weighted by Gasteiger charge is 2.29. The van der Waals surface area contributed by atoms with E-state index < -0.39 is 5.91 Å². The molecule has 1 amide bonds. The van der Waals surface area contributed by atoms with Gasteiger partial charge < -0.3 is 19.9 Å². The first kappa shape index (κ1) is 26.4. The maximum Gasteiger partial charge on any atom is 0.298 e. The van der Waals surface area contributed by atoms with Crippen LogP contribution in [0, 0.1) is 12.8 Å². The molecular formula is C29H37N9O2. The number of piperazine rings is 1. The average Bonchev–Trinajstić information content (AvgIpc) is 3.46. The Morgan fingerprint density at radius 1 is 1.10 bits per heavy atom. The van der Waals surface area contributed by atoms with Gasteiger partial charge in [-0.2, -0.15) is 10.1 Å². The number of aromatic nitrogens is 4. The van der Waals surface area contributed by atoms with E-state index in [4.69, 9.17) is 4.74 Å². The highest BCUT2D eigenvalue weighted by molar-refractivity contribution is 6.19. The van der Waals surface area contributed by atoms with E-state index in [-0.39, 0.29) is 5.69 Å². The number of aliphatic imine (C=N–C) groups is 1. The number of carbonyl (C=O) groups excluding carboxylic acids is 1. The Morgan fingerprint density at radius 2 is 1.93 bits per heavy atom. The first-order valence-corrected chi connectivity index (χ1v) is 14.1. The number of amides is 1. The van der Waals surface area contributed by atoms with Gasteiger partial charge in [-0.15, -0.1) is 0 Å². The normalized spacial score (nSPS) is 21.7. The Balaban J connectivity index is 1.34. The summed E-state index contributed by atoms with van der Waals surface area (Å²) < 4.78 is 7.84. The number of anilines is 2. The topological polar surface area (TPSA) is 104 Å². The second-order valence-corrected chi connectivity index (χ2v) is 11.2. The second-order valence-electron chi connectivity index (χ2n) is 11.2. The molecule has 2 bridgehead atoms. The smallest absolute Gasteiger partial charge is 0.298 e. The van der Waals surface area contributed by atoms with Crippen LogP contribution in [0.15, 0.2) is 35.5 Å². The third-order valence-corrected chi connectivity index (χ3v) is 7.84. The van der Waals surface area contributed by atoms with E-state index in [0.717, 1.165) is 63.5 Å². The minimum absolute atomic E-state index is 0.237. The Hall–Kier alpha value is -3.83. The zero-order chi connectivity index (χ0) is 27.8. The largest absolute Gasteiger partial charge is 0.477 e. The van der Waals surface area contributed by atoms with Crippen molar-refractivity contribution in [3.8, 4) is 17.3 Å². The SMILES string of the molecule is Cc1cc2nc(n1)-c1cnn(C)c1OCCCC(C)CN1/C(=N/C2=O)Nc2ccc(CN3CCN(C)CC3)cc21. The van der Waals surface area contributed by atoms with Gasteiger partial charge >= 0.3 is 0 Å². The van der Waals surface area contributed by atoms with Gasteiger partial charge in [0.25, 0.3) is 5.91 Å². The lowest BCUT2D eigenvalue weighted by molar-refractivity contribution is 0.0997. The van der Waals surface area contributed by atoms with E-state index >= 15 is 0 Å². The summed E-state index contributed by atoms with van der Waals surface area (Å²) in [5.41, 5.74) is 4.86. The van der Waals surface area contributed by atoms with Crippen LogP contribution in [-0.2, 0) is 13.6 Å². The third kappa shape index (κ3) is 5.44. The molecule has 11 heteroatoms. The minimum atomic E-state index is -0.418. The maximum absolute atomic E-state index is 13.5. The molecule has 3 aliphatic rings. The summed E-state index contributed by atoms with van der Waals surface area (Å²) in [7, 11) is 4.01. The number of carbonyl (C=O) groups is 1. The van der Waals surface area contributed by atoms with Crippen molar-refractivity contribution in [1.29, 1.82) is 0 Å². The fraction of sp³-hybridized carbons (Fsp3) is 0.483. The predicted octanol–water partition coefficient (Wildman–Crippen LogP) is 3.17. The zero-order valence-corrected chi connectivity index (χ0v) is 23.7. The monoisotopic (exact) mass is 543 g/mol. The molecule has 5 heterocycles. The molecule has 1 aromatic carbocycles. The Morgan fingerprint density at radius 3 is 2.75 bits per heavy atom. The van der Waals surface area contributed by atoms with Gasteiger partial charge in [0.2, 0.25) is 11.8 Å². The van der Waals surface area contributed by atoms with Crippen molar-refractivity contribution in [2.45, 2.75) is 33.2 Å². The summed E-state index contributed by atoms with van der Waals surface area (Å²) in [5.74, 6) is 1.47. The molecule has 3 aliphatic heterocycles. The molecule has 0 aliphatic carbocycles. The minimum Gasteiger partial charge on any atom is -0.477 e. The van der Waals surface area contributed by atoms with Gasteiger partial charge in [-0.25, -0.2) is 14.6 Å². The highest BCUT2D eigenvalue weighted by Crippen LogP contribution is 2.35. The molecule has 1 atom stereocenters. The molecule has 210 valence electrons. The Bertz CT molecular complexity index is 1440. The summed E-state index contributed by atoms with van der Waals surface area (Å²) in [6.45, 7) is 10.6. The second kappa shape index (κ2) is 11.0. The predicted molar refractivity (Wildman–Crippen MR) is 155 cm³/mol. The number of likely N-dealkylation sites (N-methyl/N-ethyl adjacent to an activating group) is 1. The number of nitrogens with zero attached hydrogens (tertiary/aromatic N) is 8. The molecule has 3 aromatic rings. The van der Waals surface area contributed by atoms with Crippen LogP contribution in [0.3, 0.4) is 0 Å². The average molecular weight is 544 g/mol. The van der Waals surface area contributed by atoms with Crippen LogP contribution < -0.4 is 15.0 Å². The molecule has 0 radical (unpaired) electrons. The molecule has 0 spiro atoms. The molecular weight excluding hydrogens is 506 g/mol. The number of ether oxygens (including phenoxy) is 1. The van der Waals surface area contributed by atoms with Crippen molar-refractivity contribution in [3.63, 3.8) is 0 Å². The highest BCUT2D eigenvalue weighted by atomic mass is 16.5. The van der Waals surface area contributed by atoms with Crippen LogP contribution in [-0.4, -0.2) is 87.8 Å². The number of hydrogen-bond acceptors (Lipinski definition) is 9. The van der Waals surface area contributed by atoms with Gasteiger partial charge in [0.15, 0.2) is 5.82 Å². The van der Waals surface area contributed by atoms with Crippen molar-refractivity contribution in [3.05, 3.63) is 47.4 Å². The number of benzene rings is 1. The van der Waals surface area contributed by atoms with Crippen molar-refractivity contribution in [2.24, 2.45) is 18.0 Å². The van der Waals surface area contributed by atoms with Crippen molar-refractivity contribution >= 4 is 23.2 Å². The number of aryl methyl sites for hydroxylation is 2. The number of fused-ring (bicyclic) bond motifs is 7. The quantitative estimate of drug-likeness (QED) is 0.522. The van der Waals surface area contributed by atoms with E-state index in [1.165, 1.54) is 5.56 Å². The van der Waals surface area contributed by atoms with E-state index in [1.54, 1.807) is 16.9 Å². The number of hydrogen-bond donors (Lipinski definition) is 1. The van der Waals surface area contributed by atoms with Gasteiger partial charge in [0, 0.05) is 52.0 Å². The molecule has 1 unspecified atom stereocenters. The summed E-state index contributed by atoms with van der Waals surface area (Å²) in [6, 6.07) is 8.20. The van der Waals surface area contributed by atoms with Crippen molar-refractivity contribution in [1.82, 2.24) is 29.5 Å². The third-order valence-electron chi connectivity index (χ3n) is 7.84. The Labute approximate surface area is 234 Å². The van der Waals surface area contributed by atoms with Gasteiger partial charge in [0.1, 0.15) is 11.3 Å². The number of rotatable bonds is 2. The molecule has 1 fully saturated rings. The molecule has 6 rings (SSSR count). The standard InChI is InChI=1S/C29H37N9O2/c1-19-6-5-13-40-28-22(16-30-36(28)4)26-31-20(2)14-24(32-26)27(39)34-29-33-23-8-7-21(15-25(23)38(29)17-19)18-37-11-9-35(3)10-12-37/h7-8,14-16,19H,5-6,9-13,17-18H2,1-4H3,(H,33,34,39). The number of guanidine groups is 1. The van der Waals surface area contributed by atoms with Gasteiger partial charge in [-0.1, -0.05) is 13.0 Å². The summed E-state index contributed by atoms with van der Waals surface area (Å²) >= 11 is 0. The van der Waals surface area contributed by atoms with Crippen molar-refractivity contribution in [2.75, 3.05) is 56.6 Å². The first-order chi connectivity index (χ1) is 19.3. The van der Waals surface area contributed by atoms with Crippen LogP contribution in [0.4, 0.5) is 11.4 Å². The maximum atomic E-state index is 13.5. The van der Waals surface area contributed by atoms with Crippen LogP contribution in [0.2, 0.25) is 0 Å². The van der Waals surface area contributed by atoms with Crippen LogP contribution in [0.1, 0.15) is 41.5 Å². The lowest BCUT2D eigenvalue weighted by Gasteiger charge is -2.32. The van der Waals surface area contributed by atoms with Gasteiger partial charge in [0.05, 0.1) is 24.2 Å². The molecule has 1 N–H and O–H groups in total. The molecule has 2 aromatic heterocycles. The summed E-state index contributed by atoms with van der Waals surface area (Å²) in [5, 5.41) is 7.76. The fourth-order valence-corrected chi connectivity index (χ4v) is 5.55. The van der Waals surface area contributed by atoms with Crippen LogP contribution in [0.5, 0.6) is 5.88 Å². The molecule has 0 saturated carbocycles. The van der Waals surface area contributed by atoms with Crippen LogP contribution in [0.25, 0.3) is 11.4 Å². The van der Waals surface area contributed by atoms with E-state index in [2.05, 4.69) is 72.2 Å². The lowest BCUT2D eigenvalue weighted by atomic mass is 10.0. The molecule has 11 nitrogen and oxygen atoms in total. The van der Waals surface area contributed by atoms with E-state index in [1.807, 2.05) is 14.0 Å².